The number of hydrogen-bond donors (Lipinski definition) is 1. The first-order valence-electron chi connectivity index (χ1n) is 6.84. The van der Waals surface area contributed by atoms with E-state index in [1.165, 1.54) is 22.8 Å². The molecule has 0 saturated heterocycles. The quantitative estimate of drug-likeness (QED) is 0.833. The predicted octanol–water partition coefficient (Wildman–Crippen LogP) is 4.02. The number of fused-ring (bicyclic) bond motifs is 1. The van der Waals surface area contributed by atoms with Gasteiger partial charge >= 0.3 is 0 Å². The van der Waals surface area contributed by atoms with Crippen LogP contribution in [-0.4, -0.2) is 13.1 Å². The second-order valence-electron chi connectivity index (χ2n) is 5.37. The predicted molar refractivity (Wildman–Crippen MR) is 80.0 cm³/mol. The van der Waals surface area contributed by atoms with E-state index in [1.54, 1.807) is 0 Å². The Balaban J connectivity index is 2.16. The summed E-state index contributed by atoms with van der Waals surface area (Å²) in [5.41, 5.74) is 1.48. The first-order valence-corrected chi connectivity index (χ1v) is 6.84. The van der Waals surface area contributed by atoms with E-state index >= 15 is 0 Å². The molecule has 0 bridgehead atoms. The molecule has 0 aliphatic heterocycles. The van der Waals surface area contributed by atoms with Gasteiger partial charge in [0.15, 0.2) is 0 Å². The smallest absolute Gasteiger partial charge is 0.00383 e. The van der Waals surface area contributed by atoms with E-state index in [2.05, 4.69) is 61.6 Å². The van der Waals surface area contributed by atoms with Crippen molar-refractivity contribution in [1.82, 2.24) is 5.32 Å². The Labute approximate surface area is 110 Å². The number of hydrogen-bond acceptors (Lipinski definition) is 1. The maximum absolute atomic E-state index is 3.32. The van der Waals surface area contributed by atoms with Crippen LogP contribution in [0.3, 0.4) is 0 Å². The van der Waals surface area contributed by atoms with E-state index in [0.29, 0.717) is 12.0 Å². The molecular formula is C17H23N. The number of benzene rings is 2. The molecule has 2 unspecified atom stereocenters. The van der Waals surface area contributed by atoms with Gasteiger partial charge in [0.2, 0.25) is 0 Å². The minimum Gasteiger partial charge on any atom is -0.317 e. The fourth-order valence-corrected chi connectivity index (χ4v) is 2.65. The summed E-state index contributed by atoms with van der Waals surface area (Å²) in [7, 11) is 2.04. The summed E-state index contributed by atoms with van der Waals surface area (Å²) in [5.74, 6) is 0.707. The second kappa shape index (κ2) is 6.01. The van der Waals surface area contributed by atoms with Gasteiger partial charge in [0.05, 0.1) is 0 Å². The third kappa shape index (κ3) is 3.11. The SMILES string of the molecule is CNC(C)CC(C)Cc1cccc2ccccc12. The van der Waals surface area contributed by atoms with Gasteiger partial charge in [-0.2, -0.15) is 0 Å². The van der Waals surface area contributed by atoms with E-state index in [4.69, 9.17) is 0 Å². The normalized spacial score (nSPS) is 14.6. The molecule has 1 N–H and O–H groups in total. The molecule has 1 heteroatoms. The third-order valence-corrected chi connectivity index (χ3v) is 3.70. The molecule has 2 rings (SSSR count). The molecule has 0 aromatic heterocycles. The summed E-state index contributed by atoms with van der Waals surface area (Å²) < 4.78 is 0. The van der Waals surface area contributed by atoms with Crippen molar-refractivity contribution in [3.8, 4) is 0 Å². The van der Waals surface area contributed by atoms with Gasteiger partial charge in [-0.15, -0.1) is 0 Å². The lowest BCUT2D eigenvalue weighted by Crippen LogP contribution is -2.24. The highest BCUT2D eigenvalue weighted by atomic mass is 14.8. The summed E-state index contributed by atoms with van der Waals surface area (Å²) in [6.07, 6.45) is 2.38. The van der Waals surface area contributed by atoms with Crippen LogP contribution >= 0.6 is 0 Å². The molecular weight excluding hydrogens is 218 g/mol. The summed E-state index contributed by atoms with van der Waals surface area (Å²) in [6, 6.07) is 15.9. The molecule has 0 radical (unpaired) electrons. The third-order valence-electron chi connectivity index (χ3n) is 3.70. The molecule has 0 spiro atoms. The zero-order valence-electron chi connectivity index (χ0n) is 11.6. The van der Waals surface area contributed by atoms with E-state index in [0.717, 1.165) is 6.42 Å². The van der Waals surface area contributed by atoms with Crippen molar-refractivity contribution in [3.05, 3.63) is 48.0 Å². The lowest BCUT2D eigenvalue weighted by Gasteiger charge is -2.17. The Bertz CT molecular complexity index is 498. The first kappa shape index (κ1) is 13.1. The van der Waals surface area contributed by atoms with Crippen molar-refractivity contribution in [2.45, 2.75) is 32.7 Å². The zero-order valence-corrected chi connectivity index (χ0v) is 11.6. The minimum atomic E-state index is 0.593. The summed E-state index contributed by atoms with van der Waals surface area (Å²) in [4.78, 5) is 0. The van der Waals surface area contributed by atoms with Crippen LogP contribution < -0.4 is 5.32 Å². The molecule has 18 heavy (non-hydrogen) atoms. The average molecular weight is 241 g/mol. The lowest BCUT2D eigenvalue weighted by atomic mass is 9.92. The van der Waals surface area contributed by atoms with Gasteiger partial charge in [-0.05, 0) is 49.1 Å². The maximum Gasteiger partial charge on any atom is 0.00383 e. The Morgan fingerprint density at radius 1 is 1.00 bits per heavy atom. The van der Waals surface area contributed by atoms with Gasteiger partial charge in [-0.25, -0.2) is 0 Å². The monoisotopic (exact) mass is 241 g/mol. The molecule has 0 saturated carbocycles. The van der Waals surface area contributed by atoms with E-state index in [1.807, 2.05) is 7.05 Å². The van der Waals surface area contributed by atoms with E-state index in [9.17, 15) is 0 Å². The molecule has 0 amide bonds. The Kier molecular flexibility index (Phi) is 4.38. The van der Waals surface area contributed by atoms with Crippen LogP contribution in [-0.2, 0) is 6.42 Å². The largest absolute Gasteiger partial charge is 0.317 e. The van der Waals surface area contributed by atoms with Gasteiger partial charge in [0.1, 0.15) is 0 Å². The molecule has 96 valence electrons. The van der Waals surface area contributed by atoms with Crippen molar-refractivity contribution in [1.29, 1.82) is 0 Å². The highest BCUT2D eigenvalue weighted by Gasteiger charge is 2.09. The van der Waals surface area contributed by atoms with Crippen LogP contribution in [0.5, 0.6) is 0 Å². The van der Waals surface area contributed by atoms with Gasteiger partial charge in [0.25, 0.3) is 0 Å². The van der Waals surface area contributed by atoms with Crippen molar-refractivity contribution in [3.63, 3.8) is 0 Å². The van der Waals surface area contributed by atoms with Gasteiger partial charge < -0.3 is 5.32 Å². The van der Waals surface area contributed by atoms with Crippen molar-refractivity contribution in [2.75, 3.05) is 7.05 Å². The Morgan fingerprint density at radius 2 is 1.72 bits per heavy atom. The highest BCUT2D eigenvalue weighted by Crippen LogP contribution is 2.22. The fraction of sp³-hybridized carbons (Fsp3) is 0.412. The molecule has 2 aromatic rings. The van der Waals surface area contributed by atoms with Gasteiger partial charge in [-0.1, -0.05) is 49.4 Å². The van der Waals surface area contributed by atoms with Crippen LogP contribution in [0, 0.1) is 5.92 Å². The van der Waals surface area contributed by atoms with Crippen molar-refractivity contribution >= 4 is 10.8 Å². The van der Waals surface area contributed by atoms with Crippen LogP contribution in [0.4, 0.5) is 0 Å². The minimum absolute atomic E-state index is 0.593. The Hall–Kier alpha value is -1.34. The lowest BCUT2D eigenvalue weighted by molar-refractivity contribution is 0.441. The summed E-state index contributed by atoms with van der Waals surface area (Å²) >= 11 is 0. The van der Waals surface area contributed by atoms with Gasteiger partial charge in [0, 0.05) is 6.04 Å². The molecule has 0 aliphatic rings. The number of nitrogens with one attached hydrogen (secondary N) is 1. The Morgan fingerprint density at radius 3 is 2.50 bits per heavy atom. The van der Waals surface area contributed by atoms with Crippen LogP contribution in [0.2, 0.25) is 0 Å². The molecule has 0 fully saturated rings. The molecule has 2 atom stereocenters. The van der Waals surface area contributed by atoms with Crippen molar-refractivity contribution in [2.24, 2.45) is 5.92 Å². The van der Waals surface area contributed by atoms with E-state index < -0.39 is 0 Å². The second-order valence-corrected chi connectivity index (χ2v) is 5.37. The van der Waals surface area contributed by atoms with Gasteiger partial charge in [-0.3, -0.25) is 0 Å². The fourth-order valence-electron chi connectivity index (χ4n) is 2.65. The zero-order chi connectivity index (χ0) is 13.0. The molecule has 0 heterocycles. The molecule has 1 nitrogen and oxygen atoms in total. The van der Waals surface area contributed by atoms with Crippen LogP contribution in [0.15, 0.2) is 42.5 Å². The molecule has 2 aromatic carbocycles. The standard InChI is InChI=1S/C17H23N/c1-13(11-14(2)18-3)12-16-9-6-8-15-7-4-5-10-17(15)16/h4-10,13-14,18H,11-12H2,1-3H3. The van der Waals surface area contributed by atoms with Crippen molar-refractivity contribution < 1.29 is 0 Å². The van der Waals surface area contributed by atoms with Crippen LogP contribution in [0.25, 0.3) is 10.8 Å². The topological polar surface area (TPSA) is 12.0 Å². The van der Waals surface area contributed by atoms with Crippen LogP contribution in [0.1, 0.15) is 25.8 Å². The van der Waals surface area contributed by atoms with E-state index in [-0.39, 0.29) is 0 Å². The summed E-state index contributed by atoms with van der Waals surface area (Å²) in [5, 5.41) is 6.08. The maximum atomic E-state index is 3.32. The average Bonchev–Trinajstić information content (AvgIpc) is 2.39. The highest BCUT2D eigenvalue weighted by molar-refractivity contribution is 5.85. The summed E-state index contributed by atoms with van der Waals surface area (Å²) in [6.45, 7) is 4.59. The molecule has 0 aliphatic carbocycles. The number of rotatable bonds is 5. The first-order chi connectivity index (χ1) is 8.70.